The van der Waals surface area contributed by atoms with E-state index in [1.807, 2.05) is 6.07 Å². The third kappa shape index (κ3) is 4.50. The molecule has 0 aromatic heterocycles. The SMILES string of the molecule is COc1ccc(CN(C)C(=O)CCN2CCSC2=O)c(OC)c1OC. The Balaban J connectivity index is 2.02. The van der Waals surface area contributed by atoms with Gasteiger partial charge < -0.3 is 24.0 Å². The predicted octanol–water partition coefficient (Wildman–Crippen LogP) is 2.23. The molecule has 1 aliphatic heterocycles. The van der Waals surface area contributed by atoms with Crippen molar-refractivity contribution < 1.29 is 23.8 Å². The van der Waals surface area contributed by atoms with Gasteiger partial charge in [0.2, 0.25) is 11.7 Å². The first-order chi connectivity index (χ1) is 12.0. The van der Waals surface area contributed by atoms with Crippen LogP contribution in [0.1, 0.15) is 12.0 Å². The molecule has 0 saturated carbocycles. The van der Waals surface area contributed by atoms with Crippen molar-refractivity contribution in [3.05, 3.63) is 17.7 Å². The molecule has 0 aliphatic carbocycles. The highest BCUT2D eigenvalue weighted by Crippen LogP contribution is 2.40. The summed E-state index contributed by atoms with van der Waals surface area (Å²) in [5.41, 5.74) is 0.823. The normalized spacial score (nSPS) is 13.8. The van der Waals surface area contributed by atoms with Crippen molar-refractivity contribution in [3.8, 4) is 17.2 Å². The summed E-state index contributed by atoms with van der Waals surface area (Å²) in [6.07, 6.45) is 0.304. The zero-order valence-electron chi connectivity index (χ0n) is 15.0. The number of carbonyl (C=O) groups is 2. The van der Waals surface area contributed by atoms with Crippen LogP contribution in [-0.4, -0.2) is 68.2 Å². The van der Waals surface area contributed by atoms with E-state index in [1.165, 1.54) is 11.8 Å². The molecule has 0 spiro atoms. The Morgan fingerprint density at radius 1 is 1.20 bits per heavy atom. The van der Waals surface area contributed by atoms with E-state index in [-0.39, 0.29) is 11.1 Å². The lowest BCUT2D eigenvalue weighted by Gasteiger charge is -2.22. The number of rotatable bonds is 8. The van der Waals surface area contributed by atoms with Crippen LogP contribution in [0.4, 0.5) is 4.79 Å². The average Bonchev–Trinajstić information content (AvgIpc) is 3.03. The molecule has 1 aromatic rings. The lowest BCUT2D eigenvalue weighted by Crippen LogP contribution is -2.32. The van der Waals surface area contributed by atoms with Crippen LogP contribution in [0.2, 0.25) is 0 Å². The number of ether oxygens (including phenoxy) is 3. The van der Waals surface area contributed by atoms with Crippen LogP contribution in [0, 0.1) is 0 Å². The molecule has 1 heterocycles. The van der Waals surface area contributed by atoms with Crippen molar-refractivity contribution in [1.82, 2.24) is 9.80 Å². The van der Waals surface area contributed by atoms with Crippen LogP contribution in [0.5, 0.6) is 17.2 Å². The molecule has 25 heavy (non-hydrogen) atoms. The van der Waals surface area contributed by atoms with Crippen LogP contribution in [0.15, 0.2) is 12.1 Å². The lowest BCUT2D eigenvalue weighted by atomic mass is 10.1. The third-order valence-electron chi connectivity index (χ3n) is 4.06. The molecule has 0 atom stereocenters. The molecule has 1 saturated heterocycles. The topological polar surface area (TPSA) is 68.3 Å². The van der Waals surface area contributed by atoms with Gasteiger partial charge in [0.05, 0.1) is 21.3 Å². The molecule has 1 aromatic carbocycles. The first kappa shape index (κ1) is 19.2. The Bertz CT molecular complexity index is 638. The van der Waals surface area contributed by atoms with Gasteiger partial charge in [0.15, 0.2) is 11.5 Å². The Labute approximate surface area is 152 Å². The van der Waals surface area contributed by atoms with Gasteiger partial charge in [-0.05, 0) is 12.1 Å². The molecule has 0 radical (unpaired) electrons. The Hall–Kier alpha value is -2.09. The van der Waals surface area contributed by atoms with Gasteiger partial charge in [-0.2, -0.15) is 0 Å². The highest BCUT2D eigenvalue weighted by atomic mass is 32.2. The van der Waals surface area contributed by atoms with Gasteiger partial charge in [-0.3, -0.25) is 9.59 Å². The zero-order chi connectivity index (χ0) is 18.4. The molecular formula is C17H24N2O5S. The molecule has 2 rings (SSSR count). The van der Waals surface area contributed by atoms with Crippen molar-refractivity contribution in [2.45, 2.75) is 13.0 Å². The summed E-state index contributed by atoms with van der Waals surface area (Å²) in [5, 5.41) is 0.0528. The summed E-state index contributed by atoms with van der Waals surface area (Å²) < 4.78 is 16.1. The first-order valence-corrected chi connectivity index (χ1v) is 8.93. The number of nitrogens with zero attached hydrogens (tertiary/aromatic N) is 2. The van der Waals surface area contributed by atoms with Crippen molar-refractivity contribution >= 4 is 22.9 Å². The Kier molecular flexibility index (Phi) is 6.81. The fraction of sp³-hybridized carbons (Fsp3) is 0.529. The molecule has 0 bridgehead atoms. The fourth-order valence-corrected chi connectivity index (χ4v) is 3.53. The maximum Gasteiger partial charge on any atom is 0.281 e. The van der Waals surface area contributed by atoms with Gasteiger partial charge in [0.1, 0.15) is 0 Å². The minimum absolute atomic E-state index is 0.0264. The number of benzene rings is 1. The quantitative estimate of drug-likeness (QED) is 0.701. The van der Waals surface area contributed by atoms with Gasteiger partial charge >= 0.3 is 0 Å². The van der Waals surface area contributed by atoms with Crippen LogP contribution in [0.25, 0.3) is 0 Å². The van der Waals surface area contributed by atoms with Gasteiger partial charge in [0.25, 0.3) is 5.24 Å². The molecule has 2 amide bonds. The monoisotopic (exact) mass is 368 g/mol. The van der Waals surface area contributed by atoms with Crippen molar-refractivity contribution in [3.63, 3.8) is 0 Å². The first-order valence-electron chi connectivity index (χ1n) is 7.95. The highest BCUT2D eigenvalue weighted by molar-refractivity contribution is 8.13. The van der Waals surface area contributed by atoms with Gasteiger partial charge in [0, 0.05) is 44.4 Å². The van der Waals surface area contributed by atoms with E-state index < -0.39 is 0 Å². The molecule has 1 fully saturated rings. The Morgan fingerprint density at radius 2 is 1.92 bits per heavy atom. The Morgan fingerprint density at radius 3 is 2.48 bits per heavy atom. The largest absolute Gasteiger partial charge is 0.493 e. The van der Waals surface area contributed by atoms with Crippen molar-refractivity contribution in [1.29, 1.82) is 0 Å². The number of methoxy groups -OCH3 is 3. The molecule has 1 aliphatic rings. The molecule has 0 N–H and O–H groups in total. The summed E-state index contributed by atoms with van der Waals surface area (Å²) in [6.45, 7) is 1.55. The van der Waals surface area contributed by atoms with E-state index in [9.17, 15) is 9.59 Å². The summed E-state index contributed by atoms with van der Waals surface area (Å²) in [6, 6.07) is 3.64. The second-order valence-electron chi connectivity index (χ2n) is 5.59. The summed E-state index contributed by atoms with van der Waals surface area (Å²) in [4.78, 5) is 27.3. The van der Waals surface area contributed by atoms with E-state index >= 15 is 0 Å². The molecule has 7 nitrogen and oxygen atoms in total. The van der Waals surface area contributed by atoms with E-state index in [2.05, 4.69) is 0 Å². The standard InChI is InChI=1S/C17H24N2O5S/c1-18(14(20)7-8-19-9-10-25-17(19)21)11-12-5-6-13(22-2)16(24-4)15(12)23-3/h5-6H,7-11H2,1-4H3. The van der Waals surface area contributed by atoms with E-state index in [0.29, 0.717) is 43.3 Å². The van der Waals surface area contributed by atoms with Crippen molar-refractivity contribution in [2.75, 3.05) is 47.2 Å². The van der Waals surface area contributed by atoms with E-state index in [4.69, 9.17) is 14.2 Å². The smallest absolute Gasteiger partial charge is 0.281 e. The number of amides is 2. The van der Waals surface area contributed by atoms with Crippen LogP contribution >= 0.6 is 11.8 Å². The predicted molar refractivity (Wildman–Crippen MR) is 96.6 cm³/mol. The van der Waals surface area contributed by atoms with Gasteiger partial charge in [-0.1, -0.05) is 11.8 Å². The van der Waals surface area contributed by atoms with Crippen LogP contribution < -0.4 is 14.2 Å². The minimum atomic E-state index is -0.0264. The summed E-state index contributed by atoms with van der Waals surface area (Å²) in [5.74, 6) is 2.39. The van der Waals surface area contributed by atoms with Crippen LogP contribution in [0.3, 0.4) is 0 Å². The molecule has 8 heteroatoms. The van der Waals surface area contributed by atoms with Crippen LogP contribution in [-0.2, 0) is 11.3 Å². The third-order valence-corrected chi connectivity index (χ3v) is 4.95. The van der Waals surface area contributed by atoms with Gasteiger partial charge in [-0.15, -0.1) is 0 Å². The number of carbonyl (C=O) groups excluding carboxylic acids is 2. The van der Waals surface area contributed by atoms with E-state index in [1.54, 1.807) is 44.2 Å². The summed E-state index contributed by atoms with van der Waals surface area (Å²) >= 11 is 1.30. The highest BCUT2D eigenvalue weighted by Gasteiger charge is 2.23. The zero-order valence-corrected chi connectivity index (χ0v) is 15.9. The average molecular weight is 368 g/mol. The maximum absolute atomic E-state index is 12.4. The molecule has 138 valence electrons. The number of thioether (sulfide) groups is 1. The van der Waals surface area contributed by atoms with E-state index in [0.717, 1.165) is 11.3 Å². The van der Waals surface area contributed by atoms with Gasteiger partial charge in [-0.25, -0.2) is 0 Å². The number of hydrogen-bond donors (Lipinski definition) is 0. The number of hydrogen-bond acceptors (Lipinski definition) is 6. The van der Waals surface area contributed by atoms with Crippen molar-refractivity contribution in [2.24, 2.45) is 0 Å². The maximum atomic E-state index is 12.4. The second kappa shape index (κ2) is 8.84. The second-order valence-corrected chi connectivity index (χ2v) is 6.64. The lowest BCUT2D eigenvalue weighted by molar-refractivity contribution is -0.130. The molecule has 0 unspecified atom stereocenters. The molecular weight excluding hydrogens is 344 g/mol. The fourth-order valence-electron chi connectivity index (χ4n) is 2.68. The summed E-state index contributed by atoms with van der Waals surface area (Å²) in [7, 11) is 6.40. The minimum Gasteiger partial charge on any atom is -0.493 e.